The summed E-state index contributed by atoms with van der Waals surface area (Å²) in [7, 11) is 1.39. The van der Waals surface area contributed by atoms with E-state index in [9.17, 15) is 4.79 Å². The third-order valence-corrected chi connectivity index (χ3v) is 6.87. The first kappa shape index (κ1) is 20.4. The Morgan fingerprint density at radius 2 is 2.12 bits per heavy atom. The molecule has 0 spiro atoms. The summed E-state index contributed by atoms with van der Waals surface area (Å²) in [6, 6.07) is 9.74. The Balaban J connectivity index is 0.00000225. The van der Waals surface area contributed by atoms with Crippen molar-refractivity contribution in [2.24, 2.45) is 0 Å². The number of rotatable bonds is 5. The lowest BCUT2D eigenvalue weighted by molar-refractivity contribution is 0.0606. The summed E-state index contributed by atoms with van der Waals surface area (Å²) in [5, 5.41) is 6.09. The van der Waals surface area contributed by atoms with Crippen LogP contribution in [0.5, 0.6) is 0 Å². The number of carbonyl (C=O) groups is 1. The topological polar surface area (TPSA) is 51.2 Å². The van der Waals surface area contributed by atoms with Crippen LogP contribution in [-0.2, 0) is 4.74 Å². The number of hydrogen-bond donors (Lipinski definition) is 1. The van der Waals surface area contributed by atoms with Crippen LogP contribution in [0.25, 0.3) is 11.3 Å². The third-order valence-electron chi connectivity index (χ3n) is 3.17. The van der Waals surface area contributed by atoms with E-state index >= 15 is 0 Å². The Bertz CT molecular complexity index is 880. The predicted molar refractivity (Wildman–Crippen MR) is 116 cm³/mol. The molecular formula is C16H14Br2N2O2S3. The number of ether oxygens (including phenoxy) is 1. The van der Waals surface area contributed by atoms with Gasteiger partial charge in [0.15, 0.2) is 5.13 Å². The molecule has 3 rings (SSSR count). The minimum atomic E-state index is -0.316. The van der Waals surface area contributed by atoms with E-state index in [4.69, 9.17) is 4.74 Å². The minimum Gasteiger partial charge on any atom is -0.465 e. The van der Waals surface area contributed by atoms with Crippen molar-refractivity contribution < 1.29 is 9.53 Å². The first-order chi connectivity index (χ1) is 11.6. The molecule has 0 bridgehead atoms. The molecule has 0 aliphatic carbocycles. The van der Waals surface area contributed by atoms with E-state index in [0.29, 0.717) is 4.88 Å². The lowest BCUT2D eigenvalue weighted by Gasteiger charge is -2.04. The molecule has 0 atom stereocenters. The molecule has 0 saturated carbocycles. The molecule has 25 heavy (non-hydrogen) atoms. The van der Waals surface area contributed by atoms with Crippen molar-refractivity contribution in [3.63, 3.8) is 0 Å². The number of nitrogens with zero attached hydrogens (tertiary/aromatic N) is 1. The maximum absolute atomic E-state index is 11.8. The average Bonchev–Trinajstić information content (AvgIpc) is 3.22. The van der Waals surface area contributed by atoms with Gasteiger partial charge in [0.25, 0.3) is 0 Å². The Labute approximate surface area is 176 Å². The largest absolute Gasteiger partial charge is 0.465 e. The molecule has 0 aliphatic heterocycles. The van der Waals surface area contributed by atoms with Gasteiger partial charge in [-0.2, -0.15) is 0 Å². The second-order valence-electron chi connectivity index (χ2n) is 4.65. The number of aromatic nitrogens is 1. The van der Waals surface area contributed by atoms with Gasteiger partial charge in [0.05, 0.1) is 22.7 Å². The fourth-order valence-electron chi connectivity index (χ4n) is 2.04. The summed E-state index contributed by atoms with van der Waals surface area (Å²) in [6.07, 6.45) is 1.99. The number of para-hydroxylation sites is 1. The summed E-state index contributed by atoms with van der Waals surface area (Å²) >= 11 is 8.07. The summed E-state index contributed by atoms with van der Waals surface area (Å²) in [6.45, 7) is 0. The normalized spacial score (nSPS) is 10.2. The van der Waals surface area contributed by atoms with Gasteiger partial charge in [-0.1, -0.05) is 12.1 Å². The molecule has 9 heteroatoms. The number of esters is 1. The van der Waals surface area contributed by atoms with Gasteiger partial charge in [-0.05, 0) is 40.4 Å². The highest BCUT2D eigenvalue weighted by atomic mass is 79.9. The Morgan fingerprint density at radius 1 is 1.36 bits per heavy atom. The van der Waals surface area contributed by atoms with E-state index in [1.54, 1.807) is 11.8 Å². The number of thioether (sulfide) groups is 1. The third kappa shape index (κ3) is 4.65. The zero-order chi connectivity index (χ0) is 17.1. The first-order valence-electron chi connectivity index (χ1n) is 6.86. The SMILES string of the molecule is Br.COC(=O)c1cc(-c2csc(Nc3ccccc3Br)n2)c(SC)s1. The van der Waals surface area contributed by atoms with E-state index in [2.05, 4.69) is 26.2 Å². The zero-order valence-electron chi connectivity index (χ0n) is 13.2. The van der Waals surface area contributed by atoms with Crippen molar-refractivity contribution in [1.82, 2.24) is 4.98 Å². The number of halogens is 2. The lowest BCUT2D eigenvalue weighted by atomic mass is 10.2. The molecule has 0 fully saturated rings. The molecule has 0 unspecified atom stereocenters. The molecule has 4 nitrogen and oxygen atoms in total. The standard InChI is InChI=1S/C16H13BrN2O2S3.BrH/c1-21-14(20)13-7-9(15(22-2)24-13)12-8-23-16(19-12)18-11-6-4-3-5-10(11)17;/h3-8H,1-2H3,(H,18,19);1H. The quantitative estimate of drug-likeness (QED) is 0.308. The molecule has 3 aromatic rings. The van der Waals surface area contributed by atoms with Crippen LogP contribution in [0, 0.1) is 0 Å². The van der Waals surface area contributed by atoms with Crippen molar-refractivity contribution in [3.05, 3.63) is 45.1 Å². The molecule has 132 valence electrons. The second-order valence-corrected chi connectivity index (χ2v) is 8.49. The van der Waals surface area contributed by atoms with E-state index in [1.807, 2.05) is 42.0 Å². The Morgan fingerprint density at radius 3 is 2.80 bits per heavy atom. The molecule has 2 heterocycles. The van der Waals surface area contributed by atoms with E-state index < -0.39 is 0 Å². The van der Waals surface area contributed by atoms with E-state index in [1.165, 1.54) is 29.8 Å². The lowest BCUT2D eigenvalue weighted by Crippen LogP contribution is -1.96. The predicted octanol–water partition coefficient (Wildman–Crippen LogP) is 6.46. The van der Waals surface area contributed by atoms with Crippen LogP contribution in [0.15, 0.2) is 44.4 Å². The van der Waals surface area contributed by atoms with Crippen LogP contribution in [0.2, 0.25) is 0 Å². The van der Waals surface area contributed by atoms with Gasteiger partial charge in [0.1, 0.15) is 4.88 Å². The number of anilines is 2. The highest BCUT2D eigenvalue weighted by Crippen LogP contribution is 2.39. The number of hydrogen-bond acceptors (Lipinski definition) is 7. The number of thiophene rings is 1. The number of methoxy groups -OCH3 is 1. The van der Waals surface area contributed by atoms with Gasteiger partial charge in [-0.15, -0.1) is 51.4 Å². The maximum atomic E-state index is 11.8. The first-order valence-corrected chi connectivity index (χ1v) is 10.6. The second kappa shape index (κ2) is 9.18. The number of nitrogens with one attached hydrogen (secondary N) is 1. The van der Waals surface area contributed by atoms with Crippen LogP contribution in [0.1, 0.15) is 9.67 Å². The molecule has 2 aromatic heterocycles. The van der Waals surface area contributed by atoms with Crippen molar-refractivity contribution in [2.75, 3.05) is 18.7 Å². The Hall–Kier alpha value is -0.870. The van der Waals surface area contributed by atoms with Crippen molar-refractivity contribution in [2.45, 2.75) is 4.21 Å². The molecule has 0 amide bonds. The smallest absolute Gasteiger partial charge is 0.348 e. The van der Waals surface area contributed by atoms with Gasteiger partial charge in [0.2, 0.25) is 0 Å². The van der Waals surface area contributed by atoms with Crippen molar-refractivity contribution in [1.29, 1.82) is 0 Å². The Kier molecular flexibility index (Phi) is 7.51. The van der Waals surface area contributed by atoms with E-state index in [0.717, 1.165) is 30.8 Å². The fourth-order valence-corrected chi connectivity index (χ4v) is 4.95. The van der Waals surface area contributed by atoms with Crippen LogP contribution in [0.3, 0.4) is 0 Å². The fraction of sp³-hybridized carbons (Fsp3) is 0.125. The monoisotopic (exact) mass is 520 g/mol. The molecule has 0 radical (unpaired) electrons. The highest BCUT2D eigenvalue weighted by Gasteiger charge is 2.18. The van der Waals surface area contributed by atoms with Gasteiger partial charge >= 0.3 is 5.97 Å². The van der Waals surface area contributed by atoms with Gasteiger partial charge < -0.3 is 10.1 Å². The van der Waals surface area contributed by atoms with Crippen molar-refractivity contribution in [3.8, 4) is 11.3 Å². The average molecular weight is 522 g/mol. The van der Waals surface area contributed by atoms with Crippen molar-refractivity contribution >= 4 is 84.1 Å². The molecule has 1 N–H and O–H groups in total. The van der Waals surface area contributed by atoms with Gasteiger partial charge in [0, 0.05) is 15.4 Å². The van der Waals surface area contributed by atoms with Crippen LogP contribution in [0.4, 0.5) is 10.8 Å². The number of carbonyl (C=O) groups excluding carboxylic acids is 1. The summed E-state index contributed by atoms with van der Waals surface area (Å²) in [4.78, 5) is 17.0. The molecule has 1 aromatic carbocycles. The molecule has 0 aliphatic rings. The highest BCUT2D eigenvalue weighted by molar-refractivity contribution is 9.10. The summed E-state index contributed by atoms with van der Waals surface area (Å²) in [5.41, 5.74) is 2.78. The van der Waals surface area contributed by atoms with Crippen LogP contribution >= 0.6 is 67.3 Å². The molecule has 0 saturated heterocycles. The van der Waals surface area contributed by atoms with Gasteiger partial charge in [-0.3, -0.25) is 0 Å². The van der Waals surface area contributed by atoms with E-state index in [-0.39, 0.29) is 23.0 Å². The minimum absolute atomic E-state index is 0. The number of thiazole rings is 1. The van der Waals surface area contributed by atoms with Gasteiger partial charge in [-0.25, -0.2) is 9.78 Å². The van der Waals surface area contributed by atoms with Crippen LogP contribution < -0.4 is 5.32 Å². The summed E-state index contributed by atoms with van der Waals surface area (Å²) < 4.78 is 6.84. The zero-order valence-corrected chi connectivity index (χ0v) is 19.0. The molecular weight excluding hydrogens is 508 g/mol. The maximum Gasteiger partial charge on any atom is 0.348 e. The van der Waals surface area contributed by atoms with Crippen LogP contribution in [-0.4, -0.2) is 24.3 Å². The number of benzene rings is 1. The summed E-state index contributed by atoms with van der Waals surface area (Å²) in [5.74, 6) is -0.316.